The van der Waals surface area contributed by atoms with Crippen LogP contribution >= 0.6 is 0 Å². The van der Waals surface area contributed by atoms with Gasteiger partial charge in [0.1, 0.15) is 10.6 Å². The van der Waals surface area contributed by atoms with Crippen LogP contribution in [0.25, 0.3) is 21.5 Å². The molecule has 0 saturated carbocycles. The van der Waals surface area contributed by atoms with Gasteiger partial charge in [0.05, 0.1) is 11.7 Å². The molecular weight excluding hydrogens is 463 g/mol. The van der Waals surface area contributed by atoms with Gasteiger partial charge in [-0.3, -0.25) is 4.55 Å². The van der Waals surface area contributed by atoms with Crippen molar-refractivity contribution in [1.29, 1.82) is 0 Å². The van der Waals surface area contributed by atoms with Crippen molar-refractivity contribution in [2.45, 2.75) is 4.90 Å². The van der Waals surface area contributed by atoms with Gasteiger partial charge < -0.3 is 15.0 Å². The van der Waals surface area contributed by atoms with E-state index in [1.807, 2.05) is 0 Å². The summed E-state index contributed by atoms with van der Waals surface area (Å²) in [5, 5.41) is 33.3. The van der Waals surface area contributed by atoms with Crippen LogP contribution in [0.5, 0.6) is 5.75 Å². The van der Waals surface area contributed by atoms with E-state index in [1.165, 1.54) is 24.3 Å². The van der Waals surface area contributed by atoms with Crippen molar-refractivity contribution in [1.82, 2.24) is 0 Å². The zero-order valence-electron chi connectivity index (χ0n) is 15.5. The van der Waals surface area contributed by atoms with E-state index in [2.05, 4.69) is 10.2 Å². The number of carbonyl (C=O) groups excluding carboxylic acids is 1. The molecule has 0 aromatic heterocycles. The first-order valence-electron chi connectivity index (χ1n) is 8.62. The van der Waals surface area contributed by atoms with Crippen molar-refractivity contribution in [3.63, 3.8) is 0 Å². The van der Waals surface area contributed by atoms with Crippen LogP contribution in [0.4, 0.5) is 11.4 Å². The maximum absolute atomic E-state index is 12.5. The Morgan fingerprint density at radius 3 is 2.06 bits per heavy atom. The molecule has 31 heavy (non-hydrogen) atoms. The molecule has 8 nitrogen and oxygen atoms in total. The van der Waals surface area contributed by atoms with Gasteiger partial charge in [-0.15, -0.1) is 5.11 Å². The molecule has 0 aliphatic heterocycles. The first-order valence-corrected chi connectivity index (χ1v) is 10.1. The van der Waals surface area contributed by atoms with Crippen molar-refractivity contribution < 1.29 is 45.0 Å². The molecule has 155 valence electrons. The third-order valence-electron chi connectivity index (χ3n) is 4.56. The van der Waals surface area contributed by atoms with Crippen LogP contribution in [-0.2, 0) is 27.2 Å². The predicted octanol–water partition coefficient (Wildman–Crippen LogP) is 3.09. The topological polar surface area (TPSA) is 142 Å². The van der Waals surface area contributed by atoms with Crippen LogP contribution < -0.4 is 10.2 Å². The van der Waals surface area contributed by atoms with Crippen LogP contribution in [0.2, 0.25) is 0 Å². The molecule has 1 radical (unpaired) electrons. The third-order valence-corrected chi connectivity index (χ3v) is 5.45. The molecule has 0 aliphatic carbocycles. The van der Waals surface area contributed by atoms with Gasteiger partial charge in [0.2, 0.25) is 0 Å². The summed E-state index contributed by atoms with van der Waals surface area (Å²) in [6.45, 7) is 0. The SMILES string of the molecule is O=C([O-])c1cc([O-])c(N=Nc2cc3ccccc3cc2S(=O)(=O)O)c2ccccc12.[Mn+2]. The van der Waals surface area contributed by atoms with Crippen molar-refractivity contribution in [2.24, 2.45) is 10.2 Å². The second-order valence-electron chi connectivity index (χ2n) is 6.45. The minimum atomic E-state index is -4.62. The summed E-state index contributed by atoms with van der Waals surface area (Å²) in [7, 11) is -4.62. The van der Waals surface area contributed by atoms with Gasteiger partial charge in [-0.25, -0.2) is 0 Å². The minimum absolute atomic E-state index is 0. The fourth-order valence-corrected chi connectivity index (χ4v) is 3.84. The Morgan fingerprint density at radius 2 is 1.45 bits per heavy atom. The number of rotatable bonds is 4. The zero-order valence-corrected chi connectivity index (χ0v) is 17.5. The Morgan fingerprint density at radius 1 is 0.871 bits per heavy atom. The van der Waals surface area contributed by atoms with Crippen LogP contribution in [0.3, 0.4) is 0 Å². The molecule has 0 saturated heterocycles. The first kappa shape index (κ1) is 22.4. The summed E-state index contributed by atoms with van der Waals surface area (Å²) in [5.74, 6) is -2.22. The van der Waals surface area contributed by atoms with Gasteiger partial charge in [0.15, 0.2) is 0 Å². The Bertz CT molecular complexity index is 1470. The Balaban J connectivity index is 0.00000272. The molecule has 0 spiro atoms. The van der Waals surface area contributed by atoms with Crippen LogP contribution in [-0.4, -0.2) is 18.9 Å². The normalized spacial score (nSPS) is 11.6. The molecule has 0 bridgehead atoms. The molecule has 4 aromatic rings. The van der Waals surface area contributed by atoms with E-state index in [-0.39, 0.29) is 44.8 Å². The largest absolute Gasteiger partial charge is 2.00 e. The van der Waals surface area contributed by atoms with E-state index in [4.69, 9.17) is 0 Å². The number of nitrogens with zero attached hydrogens (tertiary/aromatic N) is 2. The average Bonchev–Trinajstić information content (AvgIpc) is 2.71. The summed E-state index contributed by atoms with van der Waals surface area (Å²) in [6.07, 6.45) is 0. The van der Waals surface area contributed by atoms with E-state index in [0.29, 0.717) is 10.8 Å². The molecule has 4 rings (SSSR count). The van der Waals surface area contributed by atoms with Crippen molar-refractivity contribution in [3.8, 4) is 5.75 Å². The second kappa shape index (κ2) is 8.44. The third kappa shape index (κ3) is 4.28. The molecule has 0 heterocycles. The number of aromatic carboxylic acids is 1. The van der Waals surface area contributed by atoms with E-state index >= 15 is 0 Å². The number of carboxylic acid groups (broad SMARTS) is 1. The summed E-state index contributed by atoms with van der Waals surface area (Å²) in [6, 6.07) is 16.6. The molecule has 4 aromatic carbocycles. The molecule has 10 heteroatoms. The second-order valence-corrected chi connectivity index (χ2v) is 7.84. The fraction of sp³-hybridized carbons (Fsp3) is 0. The smallest absolute Gasteiger partial charge is 0.871 e. The van der Waals surface area contributed by atoms with E-state index in [9.17, 15) is 28.0 Å². The molecule has 0 unspecified atom stereocenters. The van der Waals surface area contributed by atoms with Gasteiger partial charge in [-0.1, -0.05) is 60.3 Å². The molecule has 0 aliphatic rings. The van der Waals surface area contributed by atoms with Crippen molar-refractivity contribution >= 4 is 49.0 Å². The van der Waals surface area contributed by atoms with Gasteiger partial charge in [0, 0.05) is 10.9 Å². The number of carbonyl (C=O) groups is 1. The van der Waals surface area contributed by atoms with Gasteiger partial charge in [-0.2, -0.15) is 13.5 Å². The predicted molar refractivity (Wildman–Crippen MR) is 106 cm³/mol. The summed E-state index contributed by atoms with van der Waals surface area (Å²) in [5.41, 5.74) is -0.604. The summed E-state index contributed by atoms with van der Waals surface area (Å²) >= 11 is 0. The van der Waals surface area contributed by atoms with E-state index in [0.717, 1.165) is 6.07 Å². The number of benzene rings is 4. The molecule has 0 amide bonds. The number of hydrogen-bond acceptors (Lipinski definition) is 7. The quantitative estimate of drug-likeness (QED) is 0.273. The number of fused-ring (bicyclic) bond motifs is 2. The monoisotopic (exact) mass is 475 g/mol. The summed E-state index contributed by atoms with van der Waals surface area (Å²) in [4.78, 5) is 10.9. The maximum Gasteiger partial charge on any atom is 2.00 e. The van der Waals surface area contributed by atoms with Crippen molar-refractivity contribution in [3.05, 3.63) is 72.3 Å². The first-order chi connectivity index (χ1) is 14.3. The average molecular weight is 475 g/mol. The van der Waals surface area contributed by atoms with Crippen LogP contribution in [0, 0.1) is 0 Å². The standard InChI is InChI=1S/C21H14N2O6S.Mn/c24-18-11-16(21(25)26)14-7-3-4-8-15(14)20(18)23-22-17-9-12-5-1-2-6-13(12)10-19(17)30(27,28)29;/h1-11,24H,(H,25,26)(H,27,28,29);/q;+2/p-2. The van der Waals surface area contributed by atoms with Crippen molar-refractivity contribution in [2.75, 3.05) is 0 Å². The Hall–Kier alpha value is -3.30. The zero-order chi connectivity index (χ0) is 21.5. The molecule has 0 fully saturated rings. The van der Waals surface area contributed by atoms with Crippen LogP contribution in [0.1, 0.15) is 10.4 Å². The van der Waals surface area contributed by atoms with Gasteiger partial charge in [-0.05, 0) is 28.3 Å². The summed E-state index contributed by atoms with van der Waals surface area (Å²) < 4.78 is 33.2. The number of carboxylic acids is 1. The molecule has 0 atom stereocenters. The Kier molecular flexibility index (Phi) is 6.10. The maximum atomic E-state index is 12.5. The number of azo groups is 1. The minimum Gasteiger partial charge on any atom is -0.871 e. The van der Waals surface area contributed by atoms with E-state index < -0.39 is 26.7 Å². The van der Waals surface area contributed by atoms with Crippen LogP contribution in [0.15, 0.2) is 81.9 Å². The molecular formula is C21H12MnN2O6S. The van der Waals surface area contributed by atoms with E-state index in [1.54, 1.807) is 36.4 Å². The molecule has 1 N–H and O–H groups in total. The van der Waals surface area contributed by atoms with Gasteiger partial charge >= 0.3 is 17.1 Å². The number of hydrogen-bond donors (Lipinski definition) is 1. The Labute approximate surface area is 187 Å². The van der Waals surface area contributed by atoms with Gasteiger partial charge in [0.25, 0.3) is 10.1 Å². The fourth-order valence-electron chi connectivity index (χ4n) is 3.20.